The fourth-order valence-electron chi connectivity index (χ4n) is 3.00. The number of pyridine rings is 2. The van der Waals surface area contributed by atoms with Crippen LogP contribution >= 0.6 is 0 Å². The number of rotatable bonds is 5. The highest BCUT2D eigenvalue weighted by molar-refractivity contribution is 5.94. The van der Waals surface area contributed by atoms with E-state index in [1.54, 1.807) is 0 Å². The van der Waals surface area contributed by atoms with Crippen molar-refractivity contribution in [3.05, 3.63) is 87.8 Å². The summed E-state index contributed by atoms with van der Waals surface area (Å²) >= 11 is 0. The van der Waals surface area contributed by atoms with Gasteiger partial charge in [-0.05, 0) is 42.0 Å². The van der Waals surface area contributed by atoms with Gasteiger partial charge in [-0.1, -0.05) is 6.07 Å². The molecular formula is C20H11F5N4O4. The predicted octanol–water partition coefficient (Wildman–Crippen LogP) is 3.61. The van der Waals surface area contributed by atoms with Gasteiger partial charge in [-0.15, -0.1) is 13.2 Å². The maximum absolute atomic E-state index is 14.4. The van der Waals surface area contributed by atoms with Crippen molar-refractivity contribution in [3.8, 4) is 5.75 Å². The molecule has 1 atom stereocenters. The Balaban J connectivity index is 1.71. The van der Waals surface area contributed by atoms with Crippen LogP contribution in [-0.4, -0.2) is 27.2 Å². The minimum absolute atomic E-state index is 0.0205. The van der Waals surface area contributed by atoms with Crippen LogP contribution in [-0.2, 0) is 0 Å². The molecule has 170 valence electrons. The van der Waals surface area contributed by atoms with E-state index in [0.717, 1.165) is 12.1 Å². The first kappa shape index (κ1) is 21.9. The predicted molar refractivity (Wildman–Crippen MR) is 101 cm³/mol. The summed E-state index contributed by atoms with van der Waals surface area (Å²) in [4.78, 5) is 34.1. The van der Waals surface area contributed by atoms with E-state index >= 15 is 0 Å². The molecule has 0 saturated carbocycles. The lowest BCUT2D eigenvalue weighted by Gasteiger charge is -2.20. The number of ether oxygens (including phenoxy) is 1. The normalized spacial score (nSPS) is 12.5. The molecule has 4 rings (SSSR count). The maximum atomic E-state index is 14.4. The minimum Gasteiger partial charge on any atom is -0.406 e. The number of fused-ring (bicyclic) bond motifs is 1. The lowest BCUT2D eigenvalue weighted by molar-refractivity contribution is -0.275. The summed E-state index contributed by atoms with van der Waals surface area (Å²) in [7, 11) is 0. The summed E-state index contributed by atoms with van der Waals surface area (Å²) in [6.07, 6.45) is -3.91. The first-order valence-corrected chi connectivity index (χ1v) is 9.07. The fourth-order valence-corrected chi connectivity index (χ4v) is 3.00. The summed E-state index contributed by atoms with van der Waals surface area (Å²) in [5.41, 5.74) is -0.587. The molecule has 2 N–H and O–H groups in total. The largest absolute Gasteiger partial charge is 0.573 e. The highest BCUT2D eigenvalue weighted by atomic mass is 19.4. The van der Waals surface area contributed by atoms with E-state index in [2.05, 4.69) is 25.0 Å². The Morgan fingerprint density at radius 1 is 1.12 bits per heavy atom. The fraction of sp³-hybridized carbons (Fsp3) is 0.100. The Bertz CT molecular complexity index is 1400. The smallest absolute Gasteiger partial charge is 0.406 e. The number of carbonyl (C=O) groups excluding carboxylic acids is 1. The number of nitrogens with zero attached hydrogens (tertiary/aromatic N) is 2. The number of halogens is 5. The van der Waals surface area contributed by atoms with Crippen molar-refractivity contribution < 1.29 is 35.9 Å². The summed E-state index contributed by atoms with van der Waals surface area (Å²) < 4.78 is 74.4. The van der Waals surface area contributed by atoms with Crippen molar-refractivity contribution in [3.63, 3.8) is 0 Å². The van der Waals surface area contributed by atoms with E-state index in [9.17, 15) is 31.5 Å². The highest BCUT2D eigenvalue weighted by Gasteiger charge is 2.33. The number of aromatic nitrogens is 3. The van der Waals surface area contributed by atoms with Gasteiger partial charge in [0.25, 0.3) is 5.91 Å². The number of nitrogens with one attached hydrogen (secondary N) is 2. The number of aromatic amines is 1. The van der Waals surface area contributed by atoms with Crippen molar-refractivity contribution in [2.45, 2.75) is 12.4 Å². The topological polar surface area (TPSA) is 110 Å². The van der Waals surface area contributed by atoms with Gasteiger partial charge in [-0.25, -0.2) is 18.6 Å². The van der Waals surface area contributed by atoms with Crippen molar-refractivity contribution in [2.24, 2.45) is 0 Å². The highest BCUT2D eigenvalue weighted by Crippen LogP contribution is 2.30. The summed E-state index contributed by atoms with van der Waals surface area (Å²) in [5.74, 6) is -5.02. The molecular weight excluding hydrogens is 455 g/mol. The molecule has 0 aliphatic rings. The van der Waals surface area contributed by atoms with Gasteiger partial charge in [0.2, 0.25) is 0 Å². The summed E-state index contributed by atoms with van der Waals surface area (Å²) in [6, 6.07) is 5.81. The first-order valence-electron chi connectivity index (χ1n) is 9.07. The third kappa shape index (κ3) is 4.81. The molecule has 0 fully saturated rings. The van der Waals surface area contributed by atoms with E-state index < -0.39 is 41.5 Å². The van der Waals surface area contributed by atoms with Crippen LogP contribution < -0.4 is 15.8 Å². The number of alkyl halides is 3. The zero-order chi connectivity index (χ0) is 23.8. The number of benzene rings is 1. The van der Waals surface area contributed by atoms with Gasteiger partial charge in [0.05, 0.1) is 6.04 Å². The molecule has 4 aromatic rings. The second kappa shape index (κ2) is 8.33. The number of amides is 1. The van der Waals surface area contributed by atoms with Gasteiger partial charge in [0.1, 0.15) is 17.2 Å². The molecule has 1 amide bonds. The third-order valence-corrected chi connectivity index (χ3v) is 4.36. The zero-order valence-corrected chi connectivity index (χ0v) is 16.1. The van der Waals surface area contributed by atoms with E-state index in [4.69, 9.17) is 4.42 Å². The average Bonchev–Trinajstić information content (AvgIpc) is 3.12. The minimum atomic E-state index is -5.12. The SMILES string of the molecule is O=C(NC(c1ccc(OC(F)(F)F)c(F)c1)c1ncccc1F)c1ccc2oc(=O)[nH]c2n1. The monoisotopic (exact) mass is 466 g/mol. The van der Waals surface area contributed by atoms with Crippen LogP contribution in [0, 0.1) is 11.6 Å². The van der Waals surface area contributed by atoms with E-state index in [1.807, 2.05) is 0 Å². The van der Waals surface area contributed by atoms with Crippen LogP contribution in [0.4, 0.5) is 22.0 Å². The maximum Gasteiger partial charge on any atom is 0.573 e. The van der Waals surface area contributed by atoms with Crippen LogP contribution in [0.2, 0.25) is 0 Å². The van der Waals surface area contributed by atoms with Gasteiger partial charge in [0, 0.05) is 6.20 Å². The molecule has 0 aliphatic heterocycles. The molecule has 0 aliphatic carbocycles. The molecule has 3 aromatic heterocycles. The standard InChI is InChI=1S/C20H11F5N4O4/c21-10-2-1-7-26-16(10)15(9-3-5-13(11(22)8-9)33-20(23,24)25)28-18(30)12-4-6-14-17(27-12)29-19(31)32-14/h1-8,15H,(H,28,30)(H,27,29,31). The molecule has 0 bridgehead atoms. The van der Waals surface area contributed by atoms with Crippen LogP contribution in [0.3, 0.4) is 0 Å². The Morgan fingerprint density at radius 2 is 1.91 bits per heavy atom. The van der Waals surface area contributed by atoms with Crippen LogP contribution in [0.15, 0.2) is 57.9 Å². The zero-order valence-electron chi connectivity index (χ0n) is 16.1. The number of carbonyl (C=O) groups is 1. The molecule has 1 aromatic carbocycles. The van der Waals surface area contributed by atoms with Gasteiger partial charge in [-0.2, -0.15) is 0 Å². The second-order valence-corrected chi connectivity index (χ2v) is 6.57. The van der Waals surface area contributed by atoms with Crippen LogP contribution in [0.25, 0.3) is 11.2 Å². The Hall–Kier alpha value is -4.29. The molecule has 0 radical (unpaired) electrons. The Morgan fingerprint density at radius 3 is 2.61 bits per heavy atom. The van der Waals surface area contributed by atoms with E-state index in [1.165, 1.54) is 24.4 Å². The molecule has 33 heavy (non-hydrogen) atoms. The molecule has 0 spiro atoms. The van der Waals surface area contributed by atoms with Gasteiger partial charge in [0.15, 0.2) is 22.8 Å². The molecule has 3 heterocycles. The van der Waals surface area contributed by atoms with E-state index in [0.29, 0.717) is 12.1 Å². The van der Waals surface area contributed by atoms with Gasteiger partial charge < -0.3 is 14.5 Å². The second-order valence-electron chi connectivity index (χ2n) is 6.57. The number of hydrogen-bond donors (Lipinski definition) is 2. The average molecular weight is 466 g/mol. The molecule has 13 heteroatoms. The van der Waals surface area contributed by atoms with Crippen LogP contribution in [0.1, 0.15) is 27.8 Å². The molecule has 0 saturated heterocycles. The number of hydrogen-bond acceptors (Lipinski definition) is 6. The molecule has 1 unspecified atom stereocenters. The Labute approximate surface area is 180 Å². The molecule has 8 nitrogen and oxygen atoms in total. The van der Waals surface area contributed by atoms with Gasteiger partial charge in [-0.3, -0.25) is 14.8 Å². The number of oxazole rings is 1. The van der Waals surface area contributed by atoms with Crippen molar-refractivity contribution in [2.75, 3.05) is 0 Å². The van der Waals surface area contributed by atoms with Crippen LogP contribution in [0.5, 0.6) is 5.75 Å². The van der Waals surface area contributed by atoms with E-state index in [-0.39, 0.29) is 28.2 Å². The number of H-pyrrole nitrogens is 1. The van der Waals surface area contributed by atoms with Gasteiger partial charge >= 0.3 is 12.1 Å². The summed E-state index contributed by atoms with van der Waals surface area (Å²) in [6.45, 7) is 0. The first-order chi connectivity index (χ1) is 15.6. The van der Waals surface area contributed by atoms with Crippen molar-refractivity contribution in [1.29, 1.82) is 0 Å². The Kier molecular flexibility index (Phi) is 5.54. The quantitative estimate of drug-likeness (QED) is 0.435. The lowest BCUT2D eigenvalue weighted by Crippen LogP contribution is -2.31. The van der Waals surface area contributed by atoms with Crippen molar-refractivity contribution >= 4 is 17.1 Å². The third-order valence-electron chi connectivity index (χ3n) is 4.36. The van der Waals surface area contributed by atoms with Crippen molar-refractivity contribution in [1.82, 2.24) is 20.3 Å². The summed E-state index contributed by atoms with van der Waals surface area (Å²) in [5, 5.41) is 2.42. The lowest BCUT2D eigenvalue weighted by atomic mass is 10.0.